The molecule has 0 radical (unpaired) electrons. The maximum Gasteiger partial charge on any atom is 0.233 e. The molecule has 1 aromatic heterocycles. The average molecular weight is 321 g/mol. The third-order valence-electron chi connectivity index (χ3n) is 2.79. The van der Waals surface area contributed by atoms with Crippen molar-refractivity contribution in [3.8, 4) is 11.6 Å². The molecule has 2 aromatic rings. The number of rotatable bonds is 5. The number of halogens is 1. The highest BCUT2D eigenvalue weighted by atomic mass is 79.9. The normalized spacial score (nSPS) is 10.4. The van der Waals surface area contributed by atoms with Crippen LogP contribution >= 0.6 is 15.9 Å². The highest BCUT2D eigenvalue weighted by molar-refractivity contribution is 9.10. The van der Waals surface area contributed by atoms with Crippen molar-refractivity contribution in [2.45, 2.75) is 26.2 Å². The zero-order valence-corrected chi connectivity index (χ0v) is 12.5. The third-order valence-corrected chi connectivity index (χ3v) is 3.35. The van der Waals surface area contributed by atoms with Gasteiger partial charge in [-0.2, -0.15) is 0 Å². The number of aromatic nitrogens is 1. The van der Waals surface area contributed by atoms with Crippen molar-refractivity contribution in [3.05, 3.63) is 46.6 Å². The molecule has 1 aromatic carbocycles. The molecule has 0 saturated heterocycles. The van der Waals surface area contributed by atoms with E-state index in [4.69, 9.17) is 10.5 Å². The molecule has 2 rings (SSSR count). The highest BCUT2D eigenvalue weighted by Gasteiger charge is 2.05. The first kappa shape index (κ1) is 13.9. The topological polar surface area (TPSA) is 48.1 Å². The van der Waals surface area contributed by atoms with Crippen LogP contribution in [0.25, 0.3) is 0 Å². The predicted octanol–water partition coefficient (Wildman–Crippen LogP) is 4.56. The lowest BCUT2D eigenvalue weighted by atomic mass is 10.1. The molecular formula is C15H17BrN2O. The van der Waals surface area contributed by atoms with E-state index in [2.05, 4.69) is 40.0 Å². The van der Waals surface area contributed by atoms with E-state index in [-0.39, 0.29) is 0 Å². The van der Waals surface area contributed by atoms with Crippen molar-refractivity contribution >= 4 is 21.6 Å². The van der Waals surface area contributed by atoms with Gasteiger partial charge in [-0.15, -0.1) is 0 Å². The van der Waals surface area contributed by atoms with E-state index in [0.29, 0.717) is 11.6 Å². The molecule has 19 heavy (non-hydrogen) atoms. The van der Waals surface area contributed by atoms with Gasteiger partial charge in [0.15, 0.2) is 0 Å². The molecule has 0 unspecified atom stereocenters. The number of nitrogen functional groups attached to an aromatic ring is 1. The minimum absolute atomic E-state index is 0.524. The van der Waals surface area contributed by atoms with Gasteiger partial charge in [0.1, 0.15) is 5.75 Å². The first-order chi connectivity index (χ1) is 9.19. The minimum atomic E-state index is 0.524. The minimum Gasteiger partial charge on any atom is -0.438 e. The van der Waals surface area contributed by atoms with Crippen LogP contribution in [0.3, 0.4) is 0 Å². The van der Waals surface area contributed by atoms with E-state index in [1.165, 1.54) is 18.4 Å². The molecule has 0 aliphatic carbocycles. The summed E-state index contributed by atoms with van der Waals surface area (Å²) in [5.41, 5.74) is 7.58. The summed E-state index contributed by atoms with van der Waals surface area (Å²) >= 11 is 3.39. The molecule has 0 atom stereocenters. The van der Waals surface area contributed by atoms with Crippen molar-refractivity contribution in [2.24, 2.45) is 0 Å². The predicted molar refractivity (Wildman–Crippen MR) is 81.5 cm³/mol. The Labute approximate surface area is 121 Å². The monoisotopic (exact) mass is 320 g/mol. The lowest BCUT2D eigenvalue weighted by molar-refractivity contribution is 0.459. The Balaban J connectivity index is 2.06. The summed E-state index contributed by atoms with van der Waals surface area (Å²) in [7, 11) is 0. The van der Waals surface area contributed by atoms with Gasteiger partial charge in [-0.05, 0) is 52.5 Å². The number of ether oxygens (including phenoxy) is 1. The van der Waals surface area contributed by atoms with Gasteiger partial charge in [0, 0.05) is 0 Å². The number of hydrogen-bond acceptors (Lipinski definition) is 3. The number of unbranched alkanes of at least 4 members (excludes halogenated alkanes) is 1. The van der Waals surface area contributed by atoms with Crippen LogP contribution in [0.2, 0.25) is 0 Å². The van der Waals surface area contributed by atoms with Crippen LogP contribution in [0.1, 0.15) is 25.3 Å². The molecule has 2 N–H and O–H groups in total. The van der Waals surface area contributed by atoms with Crippen molar-refractivity contribution in [3.63, 3.8) is 0 Å². The summed E-state index contributed by atoms with van der Waals surface area (Å²) < 4.78 is 6.46. The Morgan fingerprint density at radius 3 is 2.63 bits per heavy atom. The third kappa shape index (κ3) is 3.96. The second-order valence-corrected chi connectivity index (χ2v) is 5.26. The number of aryl methyl sites for hydroxylation is 1. The van der Waals surface area contributed by atoms with E-state index >= 15 is 0 Å². The molecule has 0 aliphatic heterocycles. The molecule has 4 heteroatoms. The van der Waals surface area contributed by atoms with Crippen molar-refractivity contribution in [1.82, 2.24) is 4.98 Å². The van der Waals surface area contributed by atoms with Gasteiger partial charge in [0.25, 0.3) is 0 Å². The summed E-state index contributed by atoms with van der Waals surface area (Å²) in [5.74, 6) is 1.30. The summed E-state index contributed by atoms with van der Waals surface area (Å²) in [6.45, 7) is 2.20. The van der Waals surface area contributed by atoms with E-state index in [1.54, 1.807) is 12.3 Å². The highest BCUT2D eigenvalue weighted by Crippen LogP contribution is 2.28. The quantitative estimate of drug-likeness (QED) is 0.878. The fourth-order valence-electron chi connectivity index (χ4n) is 1.73. The largest absolute Gasteiger partial charge is 0.438 e. The molecule has 0 amide bonds. The van der Waals surface area contributed by atoms with Gasteiger partial charge < -0.3 is 10.5 Å². The van der Waals surface area contributed by atoms with Crippen LogP contribution in [0.5, 0.6) is 11.6 Å². The second-order valence-electron chi connectivity index (χ2n) is 4.41. The second kappa shape index (κ2) is 6.57. The fourth-order valence-corrected chi connectivity index (χ4v) is 2.18. The summed E-state index contributed by atoms with van der Waals surface area (Å²) in [5, 5.41) is 0. The zero-order chi connectivity index (χ0) is 13.7. The fraction of sp³-hybridized carbons (Fsp3) is 0.267. The number of nitrogens with zero attached hydrogens (tertiary/aromatic N) is 1. The van der Waals surface area contributed by atoms with Gasteiger partial charge in [-0.1, -0.05) is 25.5 Å². The Morgan fingerprint density at radius 2 is 2.00 bits per heavy atom. The van der Waals surface area contributed by atoms with E-state index in [9.17, 15) is 0 Å². The lowest BCUT2D eigenvalue weighted by Gasteiger charge is -2.08. The van der Waals surface area contributed by atoms with Crippen LogP contribution < -0.4 is 10.5 Å². The molecule has 0 saturated carbocycles. The Bertz CT molecular complexity index is 540. The lowest BCUT2D eigenvalue weighted by Crippen LogP contribution is -1.92. The zero-order valence-electron chi connectivity index (χ0n) is 10.9. The molecule has 0 fully saturated rings. The van der Waals surface area contributed by atoms with Crippen LogP contribution in [-0.4, -0.2) is 4.98 Å². The van der Waals surface area contributed by atoms with Gasteiger partial charge >= 0.3 is 0 Å². The number of anilines is 1. The maximum absolute atomic E-state index is 5.71. The van der Waals surface area contributed by atoms with Crippen molar-refractivity contribution in [1.29, 1.82) is 0 Å². The number of hydrogen-bond donors (Lipinski definition) is 1. The molecule has 100 valence electrons. The van der Waals surface area contributed by atoms with Gasteiger partial charge in [0.05, 0.1) is 16.4 Å². The van der Waals surface area contributed by atoms with Gasteiger partial charge in [0.2, 0.25) is 5.88 Å². The Hall–Kier alpha value is -1.55. The molecule has 1 heterocycles. The molecule has 0 spiro atoms. The van der Waals surface area contributed by atoms with E-state index in [0.717, 1.165) is 16.6 Å². The van der Waals surface area contributed by atoms with Crippen LogP contribution in [-0.2, 0) is 6.42 Å². The van der Waals surface area contributed by atoms with Crippen molar-refractivity contribution < 1.29 is 4.74 Å². The number of pyridine rings is 1. The first-order valence-corrected chi connectivity index (χ1v) is 7.16. The summed E-state index contributed by atoms with van der Waals surface area (Å²) in [4.78, 5) is 4.15. The van der Waals surface area contributed by atoms with Crippen molar-refractivity contribution in [2.75, 3.05) is 5.73 Å². The SMILES string of the molecule is CCCCc1ccc(Oc2ncc(N)cc2Br)cc1. The molecule has 0 bridgehead atoms. The maximum atomic E-state index is 5.71. The van der Waals surface area contributed by atoms with E-state index < -0.39 is 0 Å². The van der Waals surface area contributed by atoms with Crippen LogP contribution in [0.15, 0.2) is 41.0 Å². The number of benzene rings is 1. The van der Waals surface area contributed by atoms with E-state index in [1.807, 2.05) is 12.1 Å². The van der Waals surface area contributed by atoms with Gasteiger partial charge in [-0.3, -0.25) is 0 Å². The smallest absolute Gasteiger partial charge is 0.233 e. The molecule has 0 aliphatic rings. The van der Waals surface area contributed by atoms with Gasteiger partial charge in [-0.25, -0.2) is 4.98 Å². The summed E-state index contributed by atoms with van der Waals surface area (Å²) in [6, 6.07) is 9.90. The first-order valence-electron chi connectivity index (χ1n) is 6.37. The Morgan fingerprint density at radius 1 is 1.26 bits per heavy atom. The van der Waals surface area contributed by atoms with Crippen LogP contribution in [0.4, 0.5) is 5.69 Å². The van der Waals surface area contributed by atoms with Crippen LogP contribution in [0, 0.1) is 0 Å². The number of nitrogens with two attached hydrogens (primary N) is 1. The molecular weight excluding hydrogens is 304 g/mol. The molecule has 3 nitrogen and oxygen atoms in total. The Kier molecular flexibility index (Phi) is 4.80. The standard InChI is InChI=1S/C15H17BrN2O/c1-2-3-4-11-5-7-13(8-6-11)19-15-14(16)9-12(17)10-18-15/h5-10H,2-4,17H2,1H3. The summed E-state index contributed by atoms with van der Waals surface area (Å²) in [6.07, 6.45) is 5.11. The average Bonchev–Trinajstić information content (AvgIpc) is 2.41.